The number of nitrogens with one attached hydrogen (secondary N) is 1. The lowest BCUT2D eigenvalue weighted by Gasteiger charge is -2.10. The third-order valence-corrected chi connectivity index (χ3v) is 3.55. The first-order chi connectivity index (χ1) is 9.15. The quantitative estimate of drug-likeness (QED) is 0.645. The van der Waals surface area contributed by atoms with Crippen molar-refractivity contribution in [3.05, 3.63) is 28.8 Å². The highest BCUT2D eigenvalue weighted by atomic mass is 16.3. The van der Waals surface area contributed by atoms with Crippen LogP contribution in [0.15, 0.2) is 12.1 Å². The Morgan fingerprint density at radius 1 is 1.00 bits per heavy atom. The molecule has 0 saturated carbocycles. The summed E-state index contributed by atoms with van der Waals surface area (Å²) in [5, 5.41) is 13.4. The summed E-state index contributed by atoms with van der Waals surface area (Å²) in [6.45, 7) is 8.09. The third-order valence-electron chi connectivity index (χ3n) is 3.55. The van der Waals surface area contributed by atoms with Gasteiger partial charge in [-0.25, -0.2) is 0 Å². The molecule has 0 amide bonds. The minimum absolute atomic E-state index is 0.445. The van der Waals surface area contributed by atoms with E-state index in [0.717, 1.165) is 24.2 Å². The van der Waals surface area contributed by atoms with Gasteiger partial charge in [0, 0.05) is 12.1 Å². The molecule has 0 unspecified atom stereocenters. The number of rotatable bonds is 9. The molecule has 0 aliphatic carbocycles. The molecule has 0 radical (unpaired) electrons. The van der Waals surface area contributed by atoms with Crippen LogP contribution in [-0.4, -0.2) is 11.7 Å². The fraction of sp³-hybridized carbons (Fsp3) is 0.647. The molecule has 0 aromatic heterocycles. The van der Waals surface area contributed by atoms with Crippen LogP contribution in [0.1, 0.15) is 62.1 Å². The summed E-state index contributed by atoms with van der Waals surface area (Å²) in [6.07, 6.45) is 7.94. The fourth-order valence-electron chi connectivity index (χ4n) is 2.44. The first kappa shape index (κ1) is 16.0. The molecule has 1 rings (SSSR count). The van der Waals surface area contributed by atoms with Crippen LogP contribution in [-0.2, 0) is 6.54 Å². The molecule has 1 aromatic carbocycles. The minimum atomic E-state index is 0.445. The summed E-state index contributed by atoms with van der Waals surface area (Å²) in [6, 6.07) is 4.09. The number of hydrogen-bond acceptors (Lipinski definition) is 2. The molecule has 1 aromatic rings. The van der Waals surface area contributed by atoms with E-state index < -0.39 is 0 Å². The Balaban J connectivity index is 2.19. The monoisotopic (exact) mass is 263 g/mol. The molecular formula is C17H29NO. The van der Waals surface area contributed by atoms with Crippen molar-refractivity contribution < 1.29 is 5.11 Å². The van der Waals surface area contributed by atoms with Crippen LogP contribution in [0.3, 0.4) is 0 Å². The highest BCUT2D eigenvalue weighted by Crippen LogP contribution is 2.23. The topological polar surface area (TPSA) is 32.3 Å². The summed E-state index contributed by atoms with van der Waals surface area (Å²) in [5.74, 6) is 0.445. The normalized spacial score (nSPS) is 10.9. The maximum absolute atomic E-state index is 9.98. The molecule has 2 nitrogen and oxygen atoms in total. The molecular weight excluding hydrogens is 234 g/mol. The standard InChI is InChI=1S/C17H29NO/c1-4-5-6-7-8-9-10-18-13-16-12-14(2)11-15(3)17(16)19/h11-12,18-19H,4-10,13H2,1-3H3. The molecule has 0 heterocycles. The predicted octanol–water partition coefficient (Wildman–Crippen LogP) is 4.46. The number of aryl methyl sites for hydroxylation is 2. The fourth-order valence-corrected chi connectivity index (χ4v) is 2.44. The maximum atomic E-state index is 9.98. The average molecular weight is 263 g/mol. The van der Waals surface area contributed by atoms with Crippen molar-refractivity contribution in [2.24, 2.45) is 0 Å². The zero-order valence-electron chi connectivity index (χ0n) is 12.8. The van der Waals surface area contributed by atoms with Gasteiger partial charge in [-0.05, 0) is 32.4 Å². The van der Waals surface area contributed by atoms with Crippen LogP contribution in [0.5, 0.6) is 5.75 Å². The molecule has 0 aliphatic rings. The van der Waals surface area contributed by atoms with Gasteiger partial charge in [0.2, 0.25) is 0 Å². The zero-order chi connectivity index (χ0) is 14.1. The van der Waals surface area contributed by atoms with E-state index in [4.69, 9.17) is 0 Å². The van der Waals surface area contributed by atoms with E-state index in [2.05, 4.69) is 25.2 Å². The predicted molar refractivity (Wildman–Crippen MR) is 82.7 cm³/mol. The zero-order valence-corrected chi connectivity index (χ0v) is 12.8. The van der Waals surface area contributed by atoms with Crippen molar-refractivity contribution in [3.63, 3.8) is 0 Å². The van der Waals surface area contributed by atoms with Crippen molar-refractivity contribution in [2.45, 2.75) is 65.8 Å². The first-order valence-electron chi connectivity index (χ1n) is 7.65. The molecule has 0 aliphatic heterocycles. The summed E-state index contributed by atoms with van der Waals surface area (Å²) >= 11 is 0. The highest BCUT2D eigenvalue weighted by Gasteiger charge is 2.04. The molecule has 0 fully saturated rings. The summed E-state index contributed by atoms with van der Waals surface area (Å²) in [4.78, 5) is 0. The van der Waals surface area contributed by atoms with Crippen molar-refractivity contribution in [3.8, 4) is 5.75 Å². The van der Waals surface area contributed by atoms with Crippen molar-refractivity contribution in [2.75, 3.05) is 6.54 Å². The van der Waals surface area contributed by atoms with Crippen molar-refractivity contribution >= 4 is 0 Å². The van der Waals surface area contributed by atoms with E-state index in [1.165, 1.54) is 44.1 Å². The lowest BCUT2D eigenvalue weighted by atomic mass is 10.1. The minimum Gasteiger partial charge on any atom is -0.507 e. The van der Waals surface area contributed by atoms with Gasteiger partial charge >= 0.3 is 0 Å². The smallest absolute Gasteiger partial charge is 0.122 e. The molecule has 108 valence electrons. The van der Waals surface area contributed by atoms with Crippen LogP contribution in [0.25, 0.3) is 0 Å². The van der Waals surface area contributed by atoms with E-state index in [1.807, 2.05) is 13.0 Å². The largest absolute Gasteiger partial charge is 0.507 e. The lowest BCUT2D eigenvalue weighted by Crippen LogP contribution is -2.15. The third kappa shape index (κ3) is 6.11. The van der Waals surface area contributed by atoms with Gasteiger partial charge in [-0.15, -0.1) is 0 Å². The molecule has 19 heavy (non-hydrogen) atoms. The Hall–Kier alpha value is -1.02. The van der Waals surface area contributed by atoms with Gasteiger partial charge in [0.15, 0.2) is 0 Å². The van der Waals surface area contributed by atoms with E-state index in [9.17, 15) is 5.11 Å². The number of hydrogen-bond donors (Lipinski definition) is 2. The molecule has 0 saturated heterocycles. The van der Waals surface area contributed by atoms with Gasteiger partial charge in [0.05, 0.1) is 0 Å². The molecule has 0 atom stereocenters. The van der Waals surface area contributed by atoms with Gasteiger partial charge in [-0.2, -0.15) is 0 Å². The van der Waals surface area contributed by atoms with Gasteiger partial charge < -0.3 is 10.4 Å². The van der Waals surface area contributed by atoms with Gasteiger partial charge in [0.1, 0.15) is 5.75 Å². The van der Waals surface area contributed by atoms with E-state index in [0.29, 0.717) is 5.75 Å². The number of phenolic OH excluding ortho intramolecular Hbond substituents is 1. The Kier molecular flexibility index (Phi) is 7.57. The van der Waals surface area contributed by atoms with E-state index in [1.54, 1.807) is 0 Å². The Morgan fingerprint density at radius 2 is 1.68 bits per heavy atom. The number of benzene rings is 1. The highest BCUT2D eigenvalue weighted by molar-refractivity contribution is 5.42. The number of phenols is 1. The van der Waals surface area contributed by atoms with Crippen molar-refractivity contribution in [1.29, 1.82) is 0 Å². The van der Waals surface area contributed by atoms with Crippen LogP contribution in [0.4, 0.5) is 0 Å². The second-order valence-corrected chi connectivity index (χ2v) is 5.53. The van der Waals surface area contributed by atoms with Gasteiger partial charge in [-0.3, -0.25) is 0 Å². The number of aromatic hydroxyl groups is 1. The Labute approximate surface area is 118 Å². The second kappa shape index (κ2) is 8.98. The Bertz CT molecular complexity index is 374. The van der Waals surface area contributed by atoms with Crippen LogP contribution in [0, 0.1) is 13.8 Å². The SMILES string of the molecule is CCCCCCCCNCc1cc(C)cc(C)c1O. The molecule has 2 heteroatoms. The summed E-state index contributed by atoms with van der Waals surface area (Å²) < 4.78 is 0. The van der Waals surface area contributed by atoms with Crippen LogP contribution >= 0.6 is 0 Å². The molecule has 0 bridgehead atoms. The van der Waals surface area contributed by atoms with E-state index in [-0.39, 0.29) is 0 Å². The Morgan fingerprint density at radius 3 is 2.42 bits per heavy atom. The van der Waals surface area contributed by atoms with Gasteiger partial charge in [-0.1, -0.05) is 56.7 Å². The van der Waals surface area contributed by atoms with Crippen LogP contribution < -0.4 is 5.32 Å². The first-order valence-corrected chi connectivity index (χ1v) is 7.65. The van der Waals surface area contributed by atoms with Crippen molar-refractivity contribution in [1.82, 2.24) is 5.32 Å². The maximum Gasteiger partial charge on any atom is 0.122 e. The number of unbranched alkanes of at least 4 members (excludes halogenated alkanes) is 5. The summed E-state index contributed by atoms with van der Waals surface area (Å²) in [7, 11) is 0. The summed E-state index contributed by atoms with van der Waals surface area (Å²) in [5.41, 5.74) is 3.20. The van der Waals surface area contributed by atoms with E-state index >= 15 is 0 Å². The average Bonchev–Trinajstić information content (AvgIpc) is 2.38. The lowest BCUT2D eigenvalue weighted by molar-refractivity contribution is 0.459. The molecule has 0 spiro atoms. The molecule has 2 N–H and O–H groups in total. The van der Waals surface area contributed by atoms with Crippen LogP contribution in [0.2, 0.25) is 0 Å². The second-order valence-electron chi connectivity index (χ2n) is 5.53. The van der Waals surface area contributed by atoms with Gasteiger partial charge in [0.25, 0.3) is 0 Å².